The van der Waals surface area contributed by atoms with Gasteiger partial charge in [-0.25, -0.2) is 4.98 Å². The van der Waals surface area contributed by atoms with Crippen molar-refractivity contribution in [1.82, 2.24) is 9.55 Å². The lowest BCUT2D eigenvalue weighted by Gasteiger charge is -2.23. The van der Waals surface area contributed by atoms with Crippen LogP contribution in [0.5, 0.6) is 0 Å². The maximum absolute atomic E-state index is 11.6. The number of fused-ring (bicyclic) bond motifs is 1. The number of primary amides is 1. The first-order valence-electron chi connectivity index (χ1n) is 6.67. The lowest BCUT2D eigenvalue weighted by atomic mass is 9.92. The third-order valence-electron chi connectivity index (χ3n) is 3.59. The number of rotatable bonds is 5. The molecule has 1 amide bonds. The van der Waals surface area contributed by atoms with Crippen molar-refractivity contribution in [2.45, 2.75) is 33.7 Å². The van der Waals surface area contributed by atoms with Gasteiger partial charge in [-0.05, 0) is 32.4 Å². The van der Waals surface area contributed by atoms with Gasteiger partial charge in [-0.3, -0.25) is 4.79 Å². The molecule has 0 spiro atoms. The Morgan fingerprint density at radius 1 is 1.45 bits per heavy atom. The van der Waals surface area contributed by atoms with Crippen LogP contribution in [0.3, 0.4) is 0 Å². The summed E-state index contributed by atoms with van der Waals surface area (Å²) in [5.41, 5.74) is 7.99. The zero-order valence-corrected chi connectivity index (χ0v) is 12.9. The van der Waals surface area contributed by atoms with Crippen molar-refractivity contribution in [1.29, 1.82) is 0 Å². The Hall–Kier alpha value is -1.55. The van der Waals surface area contributed by atoms with Gasteiger partial charge in [0.1, 0.15) is 5.82 Å². The van der Waals surface area contributed by atoms with Gasteiger partial charge in [0.05, 0.1) is 16.4 Å². The maximum Gasteiger partial charge on any atom is 0.224 e. The van der Waals surface area contributed by atoms with Gasteiger partial charge in [0, 0.05) is 18.8 Å². The molecule has 2 N–H and O–H groups in total. The molecular weight excluding hydrogens is 274 g/mol. The number of carbonyl (C=O) groups is 1. The van der Waals surface area contributed by atoms with Gasteiger partial charge in [0.2, 0.25) is 5.91 Å². The molecule has 2 aromatic rings. The van der Waals surface area contributed by atoms with Crippen LogP contribution < -0.4 is 5.73 Å². The standard InChI is InChI=1S/C15H20ClN3O/c1-10-5-4-6-11-13(10)19(12(18-11)7-8-16)9-15(2,3)14(17)20/h4-6H,7-9H2,1-3H3,(H2,17,20). The van der Waals surface area contributed by atoms with Crippen LogP contribution >= 0.6 is 11.6 Å². The zero-order valence-electron chi connectivity index (χ0n) is 12.1. The van der Waals surface area contributed by atoms with Gasteiger partial charge < -0.3 is 10.3 Å². The largest absolute Gasteiger partial charge is 0.369 e. The number of benzene rings is 1. The van der Waals surface area contributed by atoms with Crippen molar-refractivity contribution in [3.05, 3.63) is 29.6 Å². The van der Waals surface area contributed by atoms with Gasteiger partial charge in [-0.15, -0.1) is 11.6 Å². The number of alkyl halides is 1. The lowest BCUT2D eigenvalue weighted by molar-refractivity contribution is -0.126. The molecule has 0 saturated carbocycles. The quantitative estimate of drug-likeness (QED) is 0.862. The van der Waals surface area contributed by atoms with Gasteiger partial charge >= 0.3 is 0 Å². The summed E-state index contributed by atoms with van der Waals surface area (Å²) in [4.78, 5) is 16.2. The molecule has 1 heterocycles. The Labute approximate surface area is 123 Å². The average molecular weight is 294 g/mol. The molecule has 0 atom stereocenters. The van der Waals surface area contributed by atoms with E-state index in [9.17, 15) is 4.79 Å². The van der Waals surface area contributed by atoms with Crippen molar-refractivity contribution >= 4 is 28.5 Å². The molecule has 4 nitrogen and oxygen atoms in total. The van der Waals surface area contributed by atoms with Crippen LogP contribution in [0, 0.1) is 12.3 Å². The van der Waals surface area contributed by atoms with Crippen LogP contribution in [0.25, 0.3) is 11.0 Å². The minimum Gasteiger partial charge on any atom is -0.369 e. The van der Waals surface area contributed by atoms with E-state index < -0.39 is 5.41 Å². The predicted molar refractivity (Wildman–Crippen MR) is 81.9 cm³/mol. The normalized spacial score (nSPS) is 12.0. The van der Waals surface area contributed by atoms with Crippen LogP contribution in [0.15, 0.2) is 18.2 Å². The Morgan fingerprint density at radius 3 is 2.75 bits per heavy atom. The number of hydrogen-bond acceptors (Lipinski definition) is 2. The van der Waals surface area contributed by atoms with Crippen LogP contribution in [0.4, 0.5) is 0 Å². The Bertz CT molecular complexity index is 646. The first-order valence-corrected chi connectivity index (χ1v) is 7.21. The number of amides is 1. The summed E-state index contributed by atoms with van der Waals surface area (Å²) in [6.45, 7) is 6.26. The maximum atomic E-state index is 11.6. The fourth-order valence-corrected chi connectivity index (χ4v) is 2.50. The fraction of sp³-hybridized carbons (Fsp3) is 0.467. The predicted octanol–water partition coefficient (Wildman–Crippen LogP) is 2.64. The third-order valence-corrected chi connectivity index (χ3v) is 3.77. The third kappa shape index (κ3) is 2.66. The highest BCUT2D eigenvalue weighted by molar-refractivity contribution is 6.17. The molecule has 0 aliphatic carbocycles. The highest BCUT2D eigenvalue weighted by Gasteiger charge is 2.27. The average Bonchev–Trinajstić information content (AvgIpc) is 2.68. The molecule has 0 bridgehead atoms. The zero-order chi connectivity index (χ0) is 14.9. The summed E-state index contributed by atoms with van der Waals surface area (Å²) in [6, 6.07) is 6.01. The number of hydrogen-bond donors (Lipinski definition) is 1. The minimum atomic E-state index is -0.628. The monoisotopic (exact) mass is 293 g/mol. The van der Waals surface area contributed by atoms with E-state index in [0.717, 1.165) is 22.4 Å². The number of carbonyl (C=O) groups excluding carboxylic acids is 1. The van der Waals surface area contributed by atoms with E-state index >= 15 is 0 Å². The van der Waals surface area contributed by atoms with E-state index in [1.807, 2.05) is 39.0 Å². The highest BCUT2D eigenvalue weighted by atomic mass is 35.5. The first-order chi connectivity index (χ1) is 9.36. The van der Waals surface area contributed by atoms with E-state index in [-0.39, 0.29) is 5.91 Å². The van der Waals surface area contributed by atoms with E-state index in [4.69, 9.17) is 17.3 Å². The summed E-state index contributed by atoms with van der Waals surface area (Å²) in [6.07, 6.45) is 0.671. The highest BCUT2D eigenvalue weighted by Crippen LogP contribution is 2.26. The summed E-state index contributed by atoms with van der Waals surface area (Å²) < 4.78 is 2.08. The smallest absolute Gasteiger partial charge is 0.224 e. The van der Waals surface area contributed by atoms with Gasteiger partial charge in [-0.2, -0.15) is 0 Å². The van der Waals surface area contributed by atoms with Crippen LogP contribution in [0.1, 0.15) is 25.2 Å². The van der Waals surface area contributed by atoms with E-state index in [2.05, 4.69) is 9.55 Å². The van der Waals surface area contributed by atoms with Gasteiger partial charge in [-0.1, -0.05) is 12.1 Å². The second-order valence-corrected chi connectivity index (χ2v) is 6.12. The number of para-hydroxylation sites is 1. The van der Waals surface area contributed by atoms with Crippen LogP contribution in [0.2, 0.25) is 0 Å². The fourth-order valence-electron chi connectivity index (χ4n) is 2.33. The van der Waals surface area contributed by atoms with Crippen molar-refractivity contribution in [2.75, 3.05) is 5.88 Å². The molecule has 0 unspecified atom stereocenters. The summed E-state index contributed by atoms with van der Waals surface area (Å²) in [5, 5.41) is 0. The summed E-state index contributed by atoms with van der Waals surface area (Å²) in [5.74, 6) is 1.09. The number of nitrogens with zero attached hydrogens (tertiary/aromatic N) is 2. The molecule has 5 heteroatoms. The van der Waals surface area contributed by atoms with E-state index in [0.29, 0.717) is 18.8 Å². The first kappa shape index (κ1) is 14.9. The summed E-state index contributed by atoms with van der Waals surface area (Å²) in [7, 11) is 0. The Balaban J connectivity index is 2.59. The van der Waals surface area contributed by atoms with Crippen molar-refractivity contribution in [2.24, 2.45) is 11.1 Å². The molecule has 2 rings (SSSR count). The van der Waals surface area contributed by atoms with E-state index in [1.54, 1.807) is 0 Å². The number of imidazole rings is 1. The molecule has 1 aromatic heterocycles. The second-order valence-electron chi connectivity index (χ2n) is 5.74. The molecule has 0 saturated heterocycles. The van der Waals surface area contributed by atoms with Gasteiger partial charge in [0.15, 0.2) is 0 Å². The minimum absolute atomic E-state index is 0.315. The number of aromatic nitrogens is 2. The number of nitrogens with two attached hydrogens (primary N) is 1. The van der Waals surface area contributed by atoms with Crippen molar-refractivity contribution in [3.8, 4) is 0 Å². The molecular formula is C15H20ClN3O. The molecule has 0 radical (unpaired) electrons. The molecule has 0 fully saturated rings. The van der Waals surface area contributed by atoms with Crippen molar-refractivity contribution in [3.63, 3.8) is 0 Å². The lowest BCUT2D eigenvalue weighted by Crippen LogP contribution is -2.35. The van der Waals surface area contributed by atoms with Crippen molar-refractivity contribution < 1.29 is 4.79 Å². The second kappa shape index (κ2) is 5.44. The molecule has 1 aromatic carbocycles. The summed E-state index contributed by atoms with van der Waals surface area (Å²) >= 11 is 5.86. The molecule has 20 heavy (non-hydrogen) atoms. The number of halogens is 1. The molecule has 0 aliphatic heterocycles. The van der Waals surface area contributed by atoms with Crippen LogP contribution in [-0.4, -0.2) is 21.3 Å². The SMILES string of the molecule is Cc1cccc2nc(CCCl)n(CC(C)(C)C(N)=O)c12. The number of aryl methyl sites for hydroxylation is 2. The molecule has 108 valence electrons. The van der Waals surface area contributed by atoms with Crippen LogP contribution in [-0.2, 0) is 17.8 Å². The van der Waals surface area contributed by atoms with E-state index in [1.165, 1.54) is 0 Å². The van der Waals surface area contributed by atoms with Gasteiger partial charge in [0.25, 0.3) is 0 Å². The Kier molecular flexibility index (Phi) is 4.04. The topological polar surface area (TPSA) is 60.9 Å². The Morgan fingerprint density at radius 2 is 2.15 bits per heavy atom. The molecule has 0 aliphatic rings.